The van der Waals surface area contributed by atoms with Gasteiger partial charge in [0, 0.05) is 28.8 Å². The van der Waals surface area contributed by atoms with Crippen LogP contribution in [0.25, 0.3) is 0 Å². The molecule has 21 heavy (non-hydrogen) atoms. The highest BCUT2D eigenvalue weighted by Gasteiger charge is 2.41. The van der Waals surface area contributed by atoms with Gasteiger partial charge in [-0.15, -0.1) is 0 Å². The molecule has 3 rings (SSSR count). The number of nitrogens with two attached hydrogens (primary N) is 1. The van der Waals surface area contributed by atoms with Crippen molar-refractivity contribution in [2.45, 2.75) is 31.3 Å². The monoisotopic (exact) mass is 325 g/mol. The van der Waals surface area contributed by atoms with Crippen molar-refractivity contribution in [3.8, 4) is 0 Å². The van der Waals surface area contributed by atoms with Gasteiger partial charge in [-0.25, -0.2) is 0 Å². The fraction of sp³-hybridized carbons (Fsp3) is 0.562. The average molecular weight is 326 g/mol. The predicted molar refractivity (Wildman–Crippen MR) is 88.2 cm³/mol. The molecule has 0 radical (unpaired) electrons. The van der Waals surface area contributed by atoms with Gasteiger partial charge in [0.1, 0.15) is 0 Å². The van der Waals surface area contributed by atoms with Crippen LogP contribution in [0.3, 0.4) is 0 Å². The molecule has 1 aromatic carbocycles. The minimum Gasteiger partial charge on any atom is -0.399 e. The fourth-order valence-corrected chi connectivity index (χ4v) is 4.81. The largest absolute Gasteiger partial charge is 0.399 e. The number of ether oxygens (including phenoxy) is 1. The van der Waals surface area contributed by atoms with Crippen molar-refractivity contribution in [2.24, 2.45) is 5.92 Å². The molecule has 1 unspecified atom stereocenters. The van der Waals surface area contributed by atoms with Crippen LogP contribution in [0, 0.1) is 5.92 Å². The number of hydrogen-bond acceptors (Lipinski definition) is 4. The minimum absolute atomic E-state index is 0.0275. The summed E-state index contributed by atoms with van der Waals surface area (Å²) in [7, 11) is 0. The molecule has 5 heteroatoms. The van der Waals surface area contributed by atoms with E-state index < -0.39 is 0 Å². The van der Waals surface area contributed by atoms with E-state index >= 15 is 0 Å². The second-order valence-corrected chi connectivity index (χ2v) is 7.63. The van der Waals surface area contributed by atoms with E-state index in [0.29, 0.717) is 22.9 Å². The van der Waals surface area contributed by atoms with E-state index in [4.69, 9.17) is 22.1 Å². The van der Waals surface area contributed by atoms with Crippen LogP contribution in [0.15, 0.2) is 18.2 Å². The van der Waals surface area contributed by atoms with Crippen LogP contribution in [0.5, 0.6) is 0 Å². The van der Waals surface area contributed by atoms with Crippen molar-refractivity contribution in [3.05, 3.63) is 28.8 Å². The second kappa shape index (κ2) is 6.19. The highest BCUT2D eigenvalue weighted by atomic mass is 35.5. The number of halogens is 1. The van der Waals surface area contributed by atoms with Crippen LogP contribution in [-0.2, 0) is 4.74 Å². The van der Waals surface area contributed by atoms with Crippen LogP contribution >= 0.6 is 23.4 Å². The Bertz CT molecular complexity index is 517. The molecule has 3 nitrogen and oxygen atoms in total. The molecule has 2 saturated heterocycles. The summed E-state index contributed by atoms with van der Waals surface area (Å²) in [5.74, 6) is 2.44. The third kappa shape index (κ3) is 3.38. The smallest absolute Gasteiger partial charge is 0.166 e. The lowest BCUT2D eigenvalue weighted by Crippen LogP contribution is -2.44. The third-order valence-electron chi connectivity index (χ3n) is 4.47. The molecule has 1 atom stereocenters. The molecule has 0 amide bonds. The summed E-state index contributed by atoms with van der Waals surface area (Å²) in [5.41, 5.74) is 6.90. The van der Waals surface area contributed by atoms with Gasteiger partial charge in [-0.05, 0) is 55.4 Å². The Kier molecular flexibility index (Phi) is 4.48. The molecule has 0 aromatic heterocycles. The van der Waals surface area contributed by atoms with Crippen molar-refractivity contribution in [1.29, 1.82) is 0 Å². The van der Waals surface area contributed by atoms with Gasteiger partial charge in [0.05, 0.1) is 5.60 Å². The number of nitrogen functional groups attached to an aromatic ring is 1. The van der Waals surface area contributed by atoms with Gasteiger partial charge >= 0.3 is 0 Å². The van der Waals surface area contributed by atoms with E-state index in [9.17, 15) is 4.79 Å². The normalized spacial score (nSPS) is 24.9. The maximum Gasteiger partial charge on any atom is 0.166 e. The second-order valence-electron chi connectivity index (χ2n) is 5.97. The lowest BCUT2D eigenvalue weighted by molar-refractivity contribution is -0.0959. The zero-order valence-corrected chi connectivity index (χ0v) is 13.5. The molecule has 2 aliphatic rings. The molecule has 2 heterocycles. The number of carbonyl (C=O) groups is 1. The Hall–Kier alpha value is -0.710. The zero-order chi connectivity index (χ0) is 14.9. The summed E-state index contributed by atoms with van der Waals surface area (Å²) in [6.07, 6.45) is 3.73. The molecule has 1 aromatic rings. The van der Waals surface area contributed by atoms with Crippen molar-refractivity contribution in [1.82, 2.24) is 0 Å². The van der Waals surface area contributed by atoms with E-state index in [-0.39, 0.29) is 17.3 Å². The number of hydrogen-bond donors (Lipinski definition) is 1. The zero-order valence-electron chi connectivity index (χ0n) is 11.9. The highest BCUT2D eigenvalue weighted by molar-refractivity contribution is 7.99. The summed E-state index contributed by atoms with van der Waals surface area (Å²) in [6, 6.07) is 5.12. The predicted octanol–water partition coefficient (Wildman–Crippen LogP) is 3.80. The Morgan fingerprint density at radius 3 is 2.81 bits per heavy atom. The molecule has 114 valence electrons. The molecular weight excluding hydrogens is 306 g/mol. The molecular formula is C16H20ClNO2S. The first-order valence-corrected chi connectivity index (χ1v) is 8.93. The third-order valence-corrected chi connectivity index (χ3v) is 5.68. The van der Waals surface area contributed by atoms with Gasteiger partial charge in [0.25, 0.3) is 0 Å². The lowest BCUT2D eigenvalue weighted by atomic mass is 9.79. The van der Waals surface area contributed by atoms with Crippen molar-refractivity contribution >= 4 is 34.8 Å². The first-order valence-electron chi connectivity index (χ1n) is 7.40. The van der Waals surface area contributed by atoms with Gasteiger partial charge in [-0.1, -0.05) is 11.6 Å². The summed E-state index contributed by atoms with van der Waals surface area (Å²) >= 11 is 7.99. The average Bonchev–Trinajstić information content (AvgIpc) is 2.46. The fourth-order valence-electron chi connectivity index (χ4n) is 3.33. The van der Waals surface area contributed by atoms with Gasteiger partial charge in [0.2, 0.25) is 0 Å². The number of carbonyl (C=O) groups excluding carboxylic acids is 1. The maximum atomic E-state index is 12.8. The summed E-state index contributed by atoms with van der Waals surface area (Å²) in [5, 5.41) is 0.522. The molecule has 0 saturated carbocycles. The summed E-state index contributed by atoms with van der Waals surface area (Å²) in [6.45, 7) is 0.678. The van der Waals surface area contributed by atoms with Crippen molar-refractivity contribution in [2.75, 3.05) is 23.8 Å². The number of thioether (sulfide) groups is 1. The van der Waals surface area contributed by atoms with E-state index in [1.54, 1.807) is 18.2 Å². The SMILES string of the molecule is Nc1cc(Cl)cc(C(=O)C2CCOC3(CCSCC3)C2)c1. The molecule has 2 aliphatic heterocycles. The van der Waals surface area contributed by atoms with E-state index in [1.807, 2.05) is 11.8 Å². The maximum absolute atomic E-state index is 12.8. The number of anilines is 1. The van der Waals surface area contributed by atoms with Crippen LogP contribution in [-0.4, -0.2) is 29.5 Å². The van der Waals surface area contributed by atoms with Crippen molar-refractivity contribution < 1.29 is 9.53 Å². The Morgan fingerprint density at radius 2 is 2.10 bits per heavy atom. The number of benzene rings is 1. The molecule has 0 aliphatic carbocycles. The number of rotatable bonds is 2. The van der Waals surface area contributed by atoms with Gasteiger partial charge < -0.3 is 10.5 Å². The summed E-state index contributed by atoms with van der Waals surface area (Å²) < 4.78 is 6.05. The van der Waals surface area contributed by atoms with Gasteiger partial charge in [0.15, 0.2) is 5.78 Å². The highest BCUT2D eigenvalue weighted by Crippen LogP contribution is 2.40. The van der Waals surface area contributed by atoms with E-state index in [2.05, 4.69) is 0 Å². The first-order chi connectivity index (χ1) is 10.1. The van der Waals surface area contributed by atoms with Gasteiger partial charge in [-0.3, -0.25) is 4.79 Å². The number of Topliss-reactive ketones (excluding diaryl/α,β-unsaturated/α-hetero) is 1. The molecule has 2 N–H and O–H groups in total. The molecule has 0 bridgehead atoms. The number of ketones is 1. The van der Waals surface area contributed by atoms with Crippen LogP contribution < -0.4 is 5.73 Å². The van der Waals surface area contributed by atoms with Crippen LogP contribution in [0.1, 0.15) is 36.0 Å². The standard InChI is InChI=1S/C16H20ClNO2S/c17-13-7-12(8-14(18)9-13)15(19)11-1-4-20-16(10-11)2-5-21-6-3-16/h7-9,11H,1-6,10,18H2. The summed E-state index contributed by atoms with van der Waals surface area (Å²) in [4.78, 5) is 12.8. The topological polar surface area (TPSA) is 52.3 Å². The van der Waals surface area contributed by atoms with E-state index in [1.165, 1.54) is 0 Å². The Balaban J connectivity index is 1.77. The quantitative estimate of drug-likeness (QED) is 0.664. The van der Waals surface area contributed by atoms with Crippen molar-refractivity contribution in [3.63, 3.8) is 0 Å². The van der Waals surface area contributed by atoms with Crippen LogP contribution in [0.4, 0.5) is 5.69 Å². The Morgan fingerprint density at radius 1 is 1.33 bits per heavy atom. The Labute approximate surface area is 134 Å². The first kappa shape index (κ1) is 15.2. The van der Waals surface area contributed by atoms with E-state index in [0.717, 1.165) is 37.2 Å². The lowest BCUT2D eigenvalue weighted by Gasteiger charge is -2.42. The van der Waals surface area contributed by atoms with Gasteiger partial charge in [-0.2, -0.15) is 11.8 Å². The molecule has 1 spiro atoms. The van der Waals surface area contributed by atoms with Crippen LogP contribution in [0.2, 0.25) is 5.02 Å². The minimum atomic E-state index is -0.0755. The molecule has 2 fully saturated rings.